The van der Waals surface area contributed by atoms with Crippen LogP contribution in [0.25, 0.3) is 22.2 Å². The second-order valence-corrected chi connectivity index (χ2v) is 12.0. The summed E-state index contributed by atoms with van der Waals surface area (Å²) in [6, 6.07) is 33.1. The summed E-state index contributed by atoms with van der Waals surface area (Å²) in [5, 5.41) is 0. The number of ether oxygens (including phenoxy) is 2. The molecule has 6 heteroatoms. The number of anilines is 1. The number of carbonyl (C=O) groups excluding carboxylic acids is 1. The fourth-order valence-electron chi connectivity index (χ4n) is 5.18. The SMILES string of the molecule is CCCCc1nc2ccc(N(C)Cc3ccccc3)cc2n1Cc1ccc(-c2ccccc2OC(=O)OC(C)(C)C)cc1. The van der Waals surface area contributed by atoms with Gasteiger partial charge in [-0.2, -0.15) is 0 Å². The lowest BCUT2D eigenvalue weighted by molar-refractivity contribution is 0.0207. The van der Waals surface area contributed by atoms with Gasteiger partial charge >= 0.3 is 6.16 Å². The number of fused-ring (bicyclic) bond motifs is 1. The molecule has 6 nitrogen and oxygen atoms in total. The molecule has 4 aromatic carbocycles. The molecule has 222 valence electrons. The van der Waals surface area contributed by atoms with Crippen LogP contribution in [0.5, 0.6) is 5.75 Å². The summed E-state index contributed by atoms with van der Waals surface area (Å²) in [6.07, 6.45) is 2.44. The third kappa shape index (κ3) is 7.63. The van der Waals surface area contributed by atoms with Crippen LogP contribution in [0.3, 0.4) is 0 Å². The smallest absolute Gasteiger partial charge is 0.428 e. The largest absolute Gasteiger partial charge is 0.514 e. The maximum Gasteiger partial charge on any atom is 0.514 e. The molecule has 0 fully saturated rings. The van der Waals surface area contributed by atoms with Crippen molar-refractivity contribution >= 4 is 22.9 Å². The normalized spacial score (nSPS) is 11.5. The Morgan fingerprint density at radius 3 is 2.33 bits per heavy atom. The van der Waals surface area contributed by atoms with Gasteiger partial charge in [-0.3, -0.25) is 0 Å². The maximum absolute atomic E-state index is 12.4. The van der Waals surface area contributed by atoms with Crippen LogP contribution >= 0.6 is 0 Å². The third-order valence-electron chi connectivity index (χ3n) is 7.34. The van der Waals surface area contributed by atoms with Gasteiger partial charge in [0.25, 0.3) is 0 Å². The van der Waals surface area contributed by atoms with Crippen LogP contribution < -0.4 is 9.64 Å². The molecule has 0 unspecified atom stereocenters. The molecular weight excluding hydrogens is 534 g/mol. The number of nitrogens with zero attached hydrogens (tertiary/aromatic N) is 3. The van der Waals surface area contributed by atoms with E-state index in [-0.39, 0.29) is 0 Å². The van der Waals surface area contributed by atoms with E-state index in [1.165, 1.54) is 11.1 Å². The number of unbranched alkanes of at least 4 members (excludes halogenated alkanes) is 1. The van der Waals surface area contributed by atoms with E-state index in [1.54, 1.807) is 6.07 Å². The summed E-state index contributed by atoms with van der Waals surface area (Å²) in [4.78, 5) is 19.7. The fourth-order valence-corrected chi connectivity index (χ4v) is 5.18. The van der Waals surface area contributed by atoms with E-state index >= 15 is 0 Å². The molecule has 0 spiro atoms. The Labute approximate surface area is 254 Å². The van der Waals surface area contributed by atoms with Gasteiger partial charge in [-0.05, 0) is 68.1 Å². The zero-order valence-electron chi connectivity index (χ0n) is 25.8. The summed E-state index contributed by atoms with van der Waals surface area (Å²) in [5.74, 6) is 1.58. The van der Waals surface area contributed by atoms with Gasteiger partial charge in [0, 0.05) is 37.8 Å². The average molecular weight is 576 g/mol. The van der Waals surface area contributed by atoms with Crippen LogP contribution in [0.1, 0.15) is 57.5 Å². The number of aryl methyl sites for hydroxylation is 1. The zero-order valence-corrected chi connectivity index (χ0v) is 25.8. The summed E-state index contributed by atoms with van der Waals surface area (Å²) >= 11 is 0. The van der Waals surface area contributed by atoms with Crippen molar-refractivity contribution in [1.29, 1.82) is 0 Å². The third-order valence-corrected chi connectivity index (χ3v) is 7.34. The number of imidazole rings is 1. The molecule has 1 aromatic heterocycles. The molecule has 0 radical (unpaired) electrons. The summed E-state index contributed by atoms with van der Waals surface area (Å²) in [5.41, 5.74) is 6.96. The van der Waals surface area contributed by atoms with Gasteiger partial charge in [-0.15, -0.1) is 0 Å². The van der Waals surface area contributed by atoms with E-state index in [2.05, 4.69) is 96.2 Å². The Kier molecular flexibility index (Phi) is 9.15. The van der Waals surface area contributed by atoms with Crippen LogP contribution in [-0.2, 0) is 24.2 Å². The fraction of sp³-hybridized carbons (Fsp3) is 0.297. The molecule has 0 amide bonds. The second kappa shape index (κ2) is 13.2. The lowest BCUT2D eigenvalue weighted by Crippen LogP contribution is -2.26. The number of carbonyl (C=O) groups is 1. The number of para-hydroxylation sites is 1. The lowest BCUT2D eigenvalue weighted by atomic mass is 10.0. The molecule has 5 rings (SSSR count). The molecule has 1 heterocycles. The molecule has 0 bridgehead atoms. The monoisotopic (exact) mass is 575 g/mol. The first-order valence-electron chi connectivity index (χ1n) is 15.0. The topological polar surface area (TPSA) is 56.6 Å². The molecule has 5 aromatic rings. The minimum atomic E-state index is -0.711. The van der Waals surface area contributed by atoms with E-state index in [1.807, 2.05) is 39.0 Å². The van der Waals surface area contributed by atoms with Crippen LogP contribution in [-0.4, -0.2) is 28.4 Å². The van der Waals surface area contributed by atoms with Crippen molar-refractivity contribution < 1.29 is 14.3 Å². The second-order valence-electron chi connectivity index (χ2n) is 12.0. The lowest BCUT2D eigenvalue weighted by Gasteiger charge is -2.20. The van der Waals surface area contributed by atoms with Crippen molar-refractivity contribution in [2.45, 2.75) is 65.6 Å². The van der Waals surface area contributed by atoms with Crippen molar-refractivity contribution in [3.63, 3.8) is 0 Å². The van der Waals surface area contributed by atoms with Crippen molar-refractivity contribution in [2.75, 3.05) is 11.9 Å². The molecule has 0 aliphatic heterocycles. The molecular formula is C37H41N3O3. The Morgan fingerprint density at radius 1 is 0.884 bits per heavy atom. The Morgan fingerprint density at radius 2 is 1.60 bits per heavy atom. The number of benzene rings is 4. The van der Waals surface area contributed by atoms with Gasteiger partial charge in [0.15, 0.2) is 0 Å². The Hall–Kier alpha value is -4.58. The van der Waals surface area contributed by atoms with Crippen molar-refractivity contribution in [2.24, 2.45) is 0 Å². The molecule has 0 aliphatic carbocycles. The summed E-state index contributed by atoms with van der Waals surface area (Å²) in [6.45, 7) is 9.23. The van der Waals surface area contributed by atoms with Crippen molar-refractivity contribution in [3.05, 3.63) is 114 Å². The zero-order chi connectivity index (χ0) is 30.4. The average Bonchev–Trinajstić information content (AvgIpc) is 3.32. The van der Waals surface area contributed by atoms with E-state index in [9.17, 15) is 4.79 Å². The first-order chi connectivity index (χ1) is 20.7. The van der Waals surface area contributed by atoms with Crippen LogP contribution in [0, 0.1) is 0 Å². The van der Waals surface area contributed by atoms with Crippen molar-refractivity contribution in [3.8, 4) is 16.9 Å². The predicted molar refractivity (Wildman–Crippen MR) is 175 cm³/mol. The van der Waals surface area contributed by atoms with E-state index in [0.717, 1.165) is 66.0 Å². The van der Waals surface area contributed by atoms with Crippen LogP contribution in [0.4, 0.5) is 10.5 Å². The number of hydrogen-bond donors (Lipinski definition) is 0. The molecule has 0 aliphatic rings. The van der Waals surface area contributed by atoms with Gasteiger partial charge in [-0.25, -0.2) is 9.78 Å². The first kappa shape index (κ1) is 29.9. The number of rotatable bonds is 10. The van der Waals surface area contributed by atoms with E-state index < -0.39 is 11.8 Å². The highest BCUT2D eigenvalue weighted by atomic mass is 16.7. The van der Waals surface area contributed by atoms with Crippen LogP contribution in [0.2, 0.25) is 0 Å². The maximum atomic E-state index is 12.4. The quantitative estimate of drug-likeness (QED) is 0.123. The number of aromatic nitrogens is 2. The molecule has 0 saturated carbocycles. The Bertz CT molecular complexity index is 1670. The highest BCUT2D eigenvalue weighted by Crippen LogP contribution is 2.31. The van der Waals surface area contributed by atoms with E-state index in [0.29, 0.717) is 5.75 Å². The van der Waals surface area contributed by atoms with Gasteiger partial charge in [0.05, 0.1) is 11.0 Å². The van der Waals surface area contributed by atoms with Gasteiger partial charge in [-0.1, -0.05) is 86.1 Å². The van der Waals surface area contributed by atoms with Crippen LogP contribution in [0.15, 0.2) is 97.1 Å². The molecule has 0 saturated heterocycles. The summed E-state index contributed by atoms with van der Waals surface area (Å²) in [7, 11) is 2.13. The highest BCUT2D eigenvalue weighted by molar-refractivity contribution is 5.81. The Balaban J connectivity index is 1.40. The predicted octanol–water partition coefficient (Wildman–Crippen LogP) is 9.04. The van der Waals surface area contributed by atoms with E-state index in [4.69, 9.17) is 14.5 Å². The first-order valence-corrected chi connectivity index (χ1v) is 15.0. The highest BCUT2D eigenvalue weighted by Gasteiger charge is 2.20. The molecule has 43 heavy (non-hydrogen) atoms. The number of hydrogen-bond acceptors (Lipinski definition) is 5. The van der Waals surface area contributed by atoms with Crippen molar-refractivity contribution in [1.82, 2.24) is 9.55 Å². The molecule has 0 atom stereocenters. The van der Waals surface area contributed by atoms with Gasteiger partial charge in [0.2, 0.25) is 0 Å². The minimum Gasteiger partial charge on any atom is -0.428 e. The van der Waals surface area contributed by atoms with Gasteiger partial charge < -0.3 is 18.9 Å². The minimum absolute atomic E-state index is 0.471. The van der Waals surface area contributed by atoms with Gasteiger partial charge in [0.1, 0.15) is 17.2 Å². The molecule has 0 N–H and O–H groups in total. The standard InChI is InChI=1S/C37H41N3O3/c1-6-7-17-35-38-32-23-22-30(39(5)25-27-13-9-8-10-14-27)24-33(32)40(35)26-28-18-20-29(21-19-28)31-15-11-12-16-34(31)42-36(41)43-37(2,3)4/h8-16,18-24H,6-7,17,25-26H2,1-5H3. The summed E-state index contributed by atoms with van der Waals surface area (Å²) < 4.78 is 13.3.